The molecule has 0 amide bonds. The van der Waals surface area contributed by atoms with Gasteiger partial charge in [0.15, 0.2) is 11.5 Å². The van der Waals surface area contributed by atoms with Crippen molar-refractivity contribution in [2.75, 3.05) is 5.32 Å². The predicted molar refractivity (Wildman–Crippen MR) is 126 cm³/mol. The Labute approximate surface area is 192 Å². The number of hydrogen-bond donors (Lipinski definition) is 2. The van der Waals surface area contributed by atoms with E-state index in [0.29, 0.717) is 40.4 Å². The molecular weight excluding hydrogens is 477 g/mol. The smallest absolute Gasteiger partial charge is 0.269 e. The molecule has 0 aliphatic carbocycles. The molecule has 8 nitrogen and oxygen atoms in total. The van der Waals surface area contributed by atoms with E-state index in [2.05, 4.69) is 25.3 Å². The maximum absolute atomic E-state index is 14.5. The van der Waals surface area contributed by atoms with E-state index in [1.54, 1.807) is 30.6 Å². The van der Waals surface area contributed by atoms with Crippen molar-refractivity contribution in [2.45, 2.75) is 19.4 Å². The molecule has 0 bridgehead atoms. The molecule has 2 aromatic carbocycles. The quantitative estimate of drug-likeness (QED) is 0.376. The largest absolute Gasteiger partial charge is 0.358 e. The highest BCUT2D eigenvalue weighted by atomic mass is 79.9. The summed E-state index contributed by atoms with van der Waals surface area (Å²) in [6.45, 7) is 1.97. The fraction of sp³-hybridized carbons (Fsp3) is 0.136. The predicted octanol–water partition coefficient (Wildman–Crippen LogP) is 4.33. The van der Waals surface area contributed by atoms with Crippen LogP contribution < -0.4 is 10.9 Å². The van der Waals surface area contributed by atoms with E-state index in [1.807, 2.05) is 25.1 Å². The van der Waals surface area contributed by atoms with Gasteiger partial charge in [-0.25, -0.2) is 24.3 Å². The third-order valence-electron chi connectivity index (χ3n) is 5.14. The molecule has 0 radical (unpaired) electrons. The number of imidazole rings is 1. The summed E-state index contributed by atoms with van der Waals surface area (Å²) in [5.74, 6) is 0.410. The van der Waals surface area contributed by atoms with Crippen LogP contribution in [-0.2, 0) is 0 Å². The fourth-order valence-electron chi connectivity index (χ4n) is 3.66. The monoisotopic (exact) mass is 495 g/mol. The van der Waals surface area contributed by atoms with E-state index >= 15 is 0 Å². The number of aromatic nitrogens is 6. The number of halogens is 2. The number of hydrogen-bond acceptors (Lipinski definition) is 6. The summed E-state index contributed by atoms with van der Waals surface area (Å²) in [6.07, 6.45) is 3.56. The highest BCUT2D eigenvalue weighted by Gasteiger charge is 2.22. The molecule has 0 unspecified atom stereocenters. The summed E-state index contributed by atoms with van der Waals surface area (Å²) in [4.78, 5) is 33.8. The van der Waals surface area contributed by atoms with Crippen molar-refractivity contribution >= 4 is 44.9 Å². The number of aromatic amines is 1. The molecule has 0 saturated carbocycles. The Morgan fingerprint density at radius 1 is 1.09 bits per heavy atom. The first-order chi connectivity index (χ1) is 15.2. The Morgan fingerprint density at radius 2 is 1.91 bits per heavy atom. The zero-order valence-electron chi connectivity index (χ0n) is 17.0. The summed E-state index contributed by atoms with van der Waals surface area (Å²) < 4.78 is 16.0. The Hall–Kier alpha value is -3.66. The molecule has 0 aliphatic rings. The first-order valence-corrected chi connectivity index (χ1v) is 9.84. The van der Waals surface area contributed by atoms with Gasteiger partial charge in [-0.1, -0.05) is 31.2 Å². The van der Waals surface area contributed by atoms with Crippen LogP contribution in [0.3, 0.4) is 0 Å². The number of benzene rings is 2. The molecule has 10 heteroatoms. The standard InChI is InChI=1S/C22H18FN7O.BrH/c1-2-15(28-20-18-19(25-11-24-18)26-12-27-20)21-29-16-10-6-9-14(23)17(16)22(31)30(21)13-7-4-3-5-8-13;/h3-12,15H,2H2,1H3,(H2,24,25,26,27,28);1H/t15-;/m0./s1. The topological polar surface area (TPSA) is 101 Å². The molecular formula is C22H19BrFN7O. The summed E-state index contributed by atoms with van der Waals surface area (Å²) >= 11 is 0. The van der Waals surface area contributed by atoms with Crippen LogP contribution >= 0.6 is 17.0 Å². The minimum atomic E-state index is -0.595. The van der Waals surface area contributed by atoms with Crippen molar-refractivity contribution in [3.8, 4) is 5.69 Å². The molecule has 0 aliphatic heterocycles. The third-order valence-corrected chi connectivity index (χ3v) is 5.14. The van der Waals surface area contributed by atoms with Crippen LogP contribution in [0.25, 0.3) is 27.8 Å². The lowest BCUT2D eigenvalue weighted by atomic mass is 10.1. The molecule has 2 N–H and O–H groups in total. The summed E-state index contributed by atoms with van der Waals surface area (Å²) in [5, 5.41) is 3.31. The van der Waals surface area contributed by atoms with Crippen LogP contribution in [0.5, 0.6) is 0 Å². The second-order valence-electron chi connectivity index (χ2n) is 7.01. The normalized spacial score (nSPS) is 11.9. The number of para-hydroxylation sites is 1. The van der Waals surface area contributed by atoms with Crippen LogP contribution in [0, 0.1) is 5.82 Å². The lowest BCUT2D eigenvalue weighted by molar-refractivity contribution is 0.630. The van der Waals surface area contributed by atoms with E-state index in [0.717, 1.165) is 0 Å². The molecule has 0 fully saturated rings. The zero-order valence-corrected chi connectivity index (χ0v) is 18.7. The molecule has 0 spiro atoms. The maximum Gasteiger partial charge on any atom is 0.269 e. The van der Waals surface area contributed by atoms with E-state index in [1.165, 1.54) is 17.0 Å². The van der Waals surface area contributed by atoms with Crippen LogP contribution in [0.2, 0.25) is 0 Å². The highest BCUT2D eigenvalue weighted by molar-refractivity contribution is 8.93. The second-order valence-corrected chi connectivity index (χ2v) is 7.01. The first kappa shape index (κ1) is 21.6. The van der Waals surface area contributed by atoms with Crippen molar-refractivity contribution in [2.24, 2.45) is 0 Å². The SMILES string of the molecule is Br.CC[C@H](Nc1ncnc2nc[nH]c12)c1nc2cccc(F)c2c(=O)n1-c1ccccc1. The minimum Gasteiger partial charge on any atom is -0.358 e. The van der Waals surface area contributed by atoms with E-state index < -0.39 is 11.4 Å². The third kappa shape index (κ3) is 3.62. The van der Waals surface area contributed by atoms with Gasteiger partial charge in [-0.3, -0.25) is 9.36 Å². The van der Waals surface area contributed by atoms with Crippen LogP contribution in [-0.4, -0.2) is 29.5 Å². The van der Waals surface area contributed by atoms with Gasteiger partial charge in [-0.2, -0.15) is 0 Å². The van der Waals surface area contributed by atoms with Crippen molar-refractivity contribution in [3.63, 3.8) is 0 Å². The lowest BCUT2D eigenvalue weighted by Crippen LogP contribution is -2.28. The molecule has 3 aromatic heterocycles. The molecule has 32 heavy (non-hydrogen) atoms. The van der Waals surface area contributed by atoms with Gasteiger partial charge >= 0.3 is 0 Å². The number of nitrogens with one attached hydrogen (secondary N) is 2. The number of H-pyrrole nitrogens is 1. The van der Waals surface area contributed by atoms with Gasteiger partial charge < -0.3 is 10.3 Å². The molecule has 5 rings (SSSR count). The van der Waals surface area contributed by atoms with E-state index in [9.17, 15) is 9.18 Å². The van der Waals surface area contributed by atoms with Crippen molar-refractivity contribution in [1.82, 2.24) is 29.5 Å². The van der Waals surface area contributed by atoms with Crippen LogP contribution in [0.1, 0.15) is 25.2 Å². The Morgan fingerprint density at radius 3 is 2.69 bits per heavy atom. The highest BCUT2D eigenvalue weighted by Crippen LogP contribution is 2.26. The fourth-order valence-corrected chi connectivity index (χ4v) is 3.66. The molecule has 162 valence electrons. The van der Waals surface area contributed by atoms with Gasteiger partial charge in [0, 0.05) is 0 Å². The maximum atomic E-state index is 14.5. The van der Waals surface area contributed by atoms with Gasteiger partial charge in [0.05, 0.1) is 23.6 Å². The number of rotatable bonds is 5. The van der Waals surface area contributed by atoms with Gasteiger partial charge in [0.25, 0.3) is 5.56 Å². The Bertz CT molecular complexity index is 1450. The summed E-state index contributed by atoms with van der Waals surface area (Å²) in [5.41, 5.74) is 1.64. The zero-order chi connectivity index (χ0) is 21.4. The Balaban J connectivity index is 0.00000245. The van der Waals surface area contributed by atoms with Crippen LogP contribution in [0.15, 0.2) is 66.0 Å². The van der Waals surface area contributed by atoms with Gasteiger partial charge in [-0.15, -0.1) is 17.0 Å². The summed E-state index contributed by atoms with van der Waals surface area (Å²) in [7, 11) is 0. The number of anilines is 1. The van der Waals surface area contributed by atoms with Crippen LogP contribution in [0.4, 0.5) is 10.2 Å². The average Bonchev–Trinajstić information content (AvgIpc) is 3.27. The van der Waals surface area contributed by atoms with Gasteiger partial charge in [0.2, 0.25) is 0 Å². The van der Waals surface area contributed by atoms with Crippen molar-refractivity contribution in [3.05, 3.63) is 83.2 Å². The summed E-state index contributed by atoms with van der Waals surface area (Å²) in [6, 6.07) is 13.2. The molecule has 3 heterocycles. The van der Waals surface area contributed by atoms with Gasteiger partial charge in [-0.05, 0) is 30.7 Å². The lowest BCUT2D eigenvalue weighted by Gasteiger charge is -2.22. The Kier molecular flexibility index (Phi) is 5.95. The van der Waals surface area contributed by atoms with Crippen molar-refractivity contribution in [1.29, 1.82) is 0 Å². The first-order valence-electron chi connectivity index (χ1n) is 9.84. The average molecular weight is 496 g/mol. The number of nitrogens with zero attached hydrogens (tertiary/aromatic N) is 5. The van der Waals surface area contributed by atoms with E-state index in [-0.39, 0.29) is 28.4 Å². The molecule has 1 atom stereocenters. The minimum absolute atomic E-state index is 0. The van der Waals surface area contributed by atoms with Gasteiger partial charge in [0.1, 0.15) is 28.9 Å². The molecule has 5 aromatic rings. The number of fused-ring (bicyclic) bond motifs is 2. The van der Waals surface area contributed by atoms with Crippen molar-refractivity contribution < 1.29 is 4.39 Å². The second kappa shape index (κ2) is 8.83. The molecule has 0 saturated heterocycles. The van der Waals surface area contributed by atoms with E-state index in [4.69, 9.17) is 4.98 Å².